The SMILES string of the molecule is CCCCCOc1ccc(/C(O)=C2/C(=O)C(=O)N(c3cc(C)ccc3C)C2c2ccc(OC)c(OCC)c2)cc1. The highest BCUT2D eigenvalue weighted by Crippen LogP contribution is 2.45. The number of hydrogen-bond donors (Lipinski definition) is 1. The van der Waals surface area contributed by atoms with E-state index in [0.717, 1.165) is 30.4 Å². The molecule has 1 amide bonds. The third-order valence-corrected chi connectivity index (χ3v) is 7.02. The number of anilines is 1. The number of methoxy groups -OCH3 is 1. The Labute approximate surface area is 236 Å². The van der Waals surface area contributed by atoms with Crippen molar-refractivity contribution in [2.45, 2.75) is 53.0 Å². The molecule has 1 aliphatic rings. The van der Waals surface area contributed by atoms with E-state index in [2.05, 4.69) is 6.92 Å². The van der Waals surface area contributed by atoms with Gasteiger partial charge in [0.1, 0.15) is 11.5 Å². The molecule has 0 aliphatic carbocycles. The van der Waals surface area contributed by atoms with Crippen LogP contribution in [-0.2, 0) is 9.59 Å². The van der Waals surface area contributed by atoms with Gasteiger partial charge >= 0.3 is 0 Å². The number of ether oxygens (including phenoxy) is 3. The Balaban J connectivity index is 1.84. The van der Waals surface area contributed by atoms with Crippen LogP contribution in [0.4, 0.5) is 5.69 Å². The number of ketones is 1. The fraction of sp³-hybridized carbons (Fsp3) is 0.333. The van der Waals surface area contributed by atoms with E-state index >= 15 is 0 Å². The van der Waals surface area contributed by atoms with E-state index in [4.69, 9.17) is 14.2 Å². The molecule has 1 saturated heterocycles. The standard InChI is InChI=1S/C33H37NO6/c1-6-8-9-18-40-25-15-12-23(13-16-25)31(35)29-30(24-14-17-27(38-5)28(20-24)39-7-2)34(33(37)32(29)36)26-19-21(3)10-11-22(26)4/h10-17,19-20,30,35H,6-9,18H2,1-5H3/b31-29-. The summed E-state index contributed by atoms with van der Waals surface area (Å²) in [7, 11) is 1.55. The van der Waals surface area contributed by atoms with Gasteiger partial charge in [0.05, 0.1) is 31.9 Å². The number of benzene rings is 3. The lowest BCUT2D eigenvalue weighted by molar-refractivity contribution is -0.132. The number of unbranched alkanes of at least 4 members (excludes halogenated alkanes) is 2. The van der Waals surface area contributed by atoms with Gasteiger partial charge in [-0.25, -0.2) is 0 Å². The fourth-order valence-electron chi connectivity index (χ4n) is 4.91. The Morgan fingerprint density at radius 3 is 2.33 bits per heavy atom. The van der Waals surface area contributed by atoms with Crippen LogP contribution >= 0.6 is 0 Å². The molecule has 0 saturated carbocycles. The average molecular weight is 544 g/mol. The van der Waals surface area contributed by atoms with Gasteiger partial charge in [-0.05, 0) is 86.3 Å². The minimum atomic E-state index is -0.879. The molecule has 0 spiro atoms. The van der Waals surface area contributed by atoms with E-state index in [-0.39, 0.29) is 11.3 Å². The number of aliphatic hydroxyl groups excluding tert-OH is 1. The minimum absolute atomic E-state index is 0.00938. The van der Waals surface area contributed by atoms with Crippen LogP contribution in [0.5, 0.6) is 17.2 Å². The molecular formula is C33H37NO6. The predicted octanol–water partition coefficient (Wildman–Crippen LogP) is 6.91. The first-order valence-electron chi connectivity index (χ1n) is 13.7. The number of carbonyl (C=O) groups excluding carboxylic acids is 2. The number of aliphatic hydroxyl groups is 1. The van der Waals surface area contributed by atoms with Crippen LogP contribution in [0.3, 0.4) is 0 Å². The number of carbonyl (C=O) groups is 2. The molecule has 1 N–H and O–H groups in total. The molecule has 1 atom stereocenters. The summed E-state index contributed by atoms with van der Waals surface area (Å²) in [5.74, 6) is -0.0107. The van der Waals surface area contributed by atoms with Gasteiger partial charge in [-0.1, -0.05) is 38.0 Å². The molecule has 1 fully saturated rings. The van der Waals surface area contributed by atoms with Crippen molar-refractivity contribution < 1.29 is 28.9 Å². The zero-order chi connectivity index (χ0) is 28.8. The molecule has 0 bridgehead atoms. The van der Waals surface area contributed by atoms with Crippen molar-refractivity contribution in [3.05, 3.63) is 88.5 Å². The second-order valence-corrected chi connectivity index (χ2v) is 9.88. The van der Waals surface area contributed by atoms with Gasteiger partial charge in [-0.3, -0.25) is 14.5 Å². The van der Waals surface area contributed by atoms with Crippen LogP contribution < -0.4 is 19.1 Å². The summed E-state index contributed by atoms with van der Waals surface area (Å²) in [6.45, 7) is 8.85. The number of rotatable bonds is 11. The highest BCUT2D eigenvalue weighted by atomic mass is 16.5. The fourth-order valence-corrected chi connectivity index (χ4v) is 4.91. The van der Waals surface area contributed by atoms with E-state index in [0.29, 0.717) is 47.3 Å². The molecular weight excluding hydrogens is 506 g/mol. The first-order valence-corrected chi connectivity index (χ1v) is 13.7. The molecule has 1 heterocycles. The van der Waals surface area contributed by atoms with Crippen LogP contribution in [0, 0.1) is 13.8 Å². The van der Waals surface area contributed by atoms with Crippen molar-refractivity contribution in [3.8, 4) is 17.2 Å². The van der Waals surface area contributed by atoms with E-state index in [1.165, 1.54) is 4.90 Å². The molecule has 7 nitrogen and oxygen atoms in total. The highest BCUT2D eigenvalue weighted by molar-refractivity contribution is 6.51. The average Bonchev–Trinajstić information content (AvgIpc) is 3.22. The quantitative estimate of drug-likeness (QED) is 0.122. The number of nitrogens with zero attached hydrogens (tertiary/aromatic N) is 1. The van der Waals surface area contributed by atoms with Gasteiger partial charge in [0.15, 0.2) is 11.5 Å². The minimum Gasteiger partial charge on any atom is -0.507 e. The number of Topliss-reactive ketones (excluding diaryl/α,β-unsaturated/α-hetero) is 1. The van der Waals surface area contributed by atoms with Crippen LogP contribution in [0.1, 0.15) is 61.4 Å². The molecule has 1 unspecified atom stereocenters. The summed E-state index contributed by atoms with van der Waals surface area (Å²) in [5.41, 5.74) is 3.43. The van der Waals surface area contributed by atoms with Crippen molar-refractivity contribution in [1.29, 1.82) is 0 Å². The Morgan fingerprint density at radius 1 is 0.900 bits per heavy atom. The van der Waals surface area contributed by atoms with Crippen molar-refractivity contribution >= 4 is 23.1 Å². The van der Waals surface area contributed by atoms with Gasteiger partial charge in [0, 0.05) is 11.3 Å². The molecule has 40 heavy (non-hydrogen) atoms. The molecule has 7 heteroatoms. The largest absolute Gasteiger partial charge is 0.507 e. The Hall–Kier alpha value is -4.26. The maximum absolute atomic E-state index is 13.6. The lowest BCUT2D eigenvalue weighted by Gasteiger charge is -2.27. The van der Waals surface area contributed by atoms with E-state index in [9.17, 15) is 14.7 Å². The summed E-state index contributed by atoms with van der Waals surface area (Å²) in [5, 5.41) is 11.5. The third kappa shape index (κ3) is 5.83. The second kappa shape index (κ2) is 12.7. The molecule has 4 rings (SSSR count). The maximum Gasteiger partial charge on any atom is 0.300 e. The smallest absolute Gasteiger partial charge is 0.300 e. The lowest BCUT2D eigenvalue weighted by Crippen LogP contribution is -2.30. The van der Waals surface area contributed by atoms with Gasteiger partial charge in [-0.2, -0.15) is 0 Å². The molecule has 3 aromatic rings. The monoisotopic (exact) mass is 543 g/mol. The van der Waals surface area contributed by atoms with Crippen molar-refractivity contribution in [2.75, 3.05) is 25.2 Å². The normalized spacial score (nSPS) is 16.3. The van der Waals surface area contributed by atoms with Crippen LogP contribution in [0.15, 0.2) is 66.2 Å². The van der Waals surface area contributed by atoms with E-state index in [1.54, 1.807) is 49.6 Å². The molecule has 1 aliphatic heterocycles. The zero-order valence-electron chi connectivity index (χ0n) is 23.8. The summed E-state index contributed by atoms with van der Waals surface area (Å²) in [6, 6.07) is 17.1. The summed E-state index contributed by atoms with van der Waals surface area (Å²) < 4.78 is 17.1. The molecule has 3 aromatic carbocycles. The molecule has 210 valence electrons. The van der Waals surface area contributed by atoms with E-state index < -0.39 is 17.7 Å². The van der Waals surface area contributed by atoms with E-state index in [1.807, 2.05) is 39.0 Å². The summed E-state index contributed by atoms with van der Waals surface area (Å²) >= 11 is 0. The number of amides is 1. The van der Waals surface area contributed by atoms with Gasteiger partial charge in [0.2, 0.25) is 0 Å². The Morgan fingerprint density at radius 2 is 1.65 bits per heavy atom. The van der Waals surface area contributed by atoms with Gasteiger partial charge in [0.25, 0.3) is 11.7 Å². The molecule has 0 radical (unpaired) electrons. The Bertz CT molecular complexity index is 1410. The van der Waals surface area contributed by atoms with Crippen molar-refractivity contribution in [3.63, 3.8) is 0 Å². The maximum atomic E-state index is 13.6. The van der Waals surface area contributed by atoms with Crippen LogP contribution in [0.2, 0.25) is 0 Å². The topological polar surface area (TPSA) is 85.3 Å². The summed E-state index contributed by atoms with van der Waals surface area (Å²) in [6.07, 6.45) is 3.17. The third-order valence-electron chi connectivity index (χ3n) is 7.02. The summed E-state index contributed by atoms with van der Waals surface area (Å²) in [4.78, 5) is 28.7. The van der Waals surface area contributed by atoms with Crippen LogP contribution in [0.25, 0.3) is 5.76 Å². The van der Waals surface area contributed by atoms with Gasteiger partial charge < -0.3 is 19.3 Å². The number of hydrogen-bond acceptors (Lipinski definition) is 6. The first-order chi connectivity index (χ1) is 19.3. The number of aryl methyl sites for hydroxylation is 2. The predicted molar refractivity (Wildman–Crippen MR) is 156 cm³/mol. The van der Waals surface area contributed by atoms with Gasteiger partial charge in [-0.15, -0.1) is 0 Å². The second-order valence-electron chi connectivity index (χ2n) is 9.88. The van der Waals surface area contributed by atoms with Crippen molar-refractivity contribution in [2.24, 2.45) is 0 Å². The van der Waals surface area contributed by atoms with Crippen molar-refractivity contribution in [1.82, 2.24) is 0 Å². The zero-order valence-corrected chi connectivity index (χ0v) is 23.8. The highest BCUT2D eigenvalue weighted by Gasteiger charge is 2.47. The lowest BCUT2D eigenvalue weighted by atomic mass is 9.94. The first kappa shape index (κ1) is 28.7. The Kier molecular flexibility index (Phi) is 9.15. The molecule has 0 aromatic heterocycles. The van der Waals surface area contributed by atoms with Crippen LogP contribution in [-0.4, -0.2) is 37.1 Å².